The van der Waals surface area contributed by atoms with Crippen LogP contribution in [0.4, 0.5) is 0 Å². The summed E-state index contributed by atoms with van der Waals surface area (Å²) >= 11 is 0. The highest BCUT2D eigenvalue weighted by atomic mass is 16.5. The molecule has 0 unspecified atom stereocenters. The molecular formula is C19H21NO3. The molecule has 2 aromatic rings. The first-order valence-electron chi connectivity index (χ1n) is 8.00. The van der Waals surface area contributed by atoms with E-state index in [4.69, 9.17) is 9.47 Å². The Kier molecular flexibility index (Phi) is 5.14. The summed E-state index contributed by atoms with van der Waals surface area (Å²) in [6.45, 7) is 1.85. The summed E-state index contributed by atoms with van der Waals surface area (Å²) in [4.78, 5) is 12.0. The van der Waals surface area contributed by atoms with E-state index in [1.807, 2.05) is 48.5 Å². The maximum absolute atomic E-state index is 12.0. The van der Waals surface area contributed by atoms with Crippen LogP contribution in [0.2, 0.25) is 0 Å². The zero-order chi connectivity index (χ0) is 15.9. The van der Waals surface area contributed by atoms with Gasteiger partial charge in [0.1, 0.15) is 0 Å². The lowest BCUT2D eigenvalue weighted by molar-refractivity contribution is -0.121. The molecule has 0 aliphatic carbocycles. The van der Waals surface area contributed by atoms with Crippen molar-refractivity contribution in [3.05, 3.63) is 59.7 Å². The van der Waals surface area contributed by atoms with Crippen LogP contribution >= 0.6 is 0 Å². The highest BCUT2D eigenvalue weighted by Gasteiger charge is 2.11. The number of ether oxygens (including phenoxy) is 2. The van der Waals surface area contributed by atoms with E-state index in [2.05, 4.69) is 5.32 Å². The zero-order valence-electron chi connectivity index (χ0n) is 13.1. The quantitative estimate of drug-likeness (QED) is 0.923. The topological polar surface area (TPSA) is 47.6 Å². The largest absolute Gasteiger partial charge is 0.490 e. The Hall–Kier alpha value is -2.49. The van der Waals surface area contributed by atoms with Crippen LogP contribution in [0.5, 0.6) is 11.5 Å². The molecule has 120 valence electrons. The molecule has 2 aromatic carbocycles. The molecule has 1 heterocycles. The van der Waals surface area contributed by atoms with Crippen LogP contribution in [-0.4, -0.2) is 19.1 Å². The lowest BCUT2D eigenvalue weighted by Gasteiger charge is -2.10. The van der Waals surface area contributed by atoms with Crippen molar-refractivity contribution in [3.63, 3.8) is 0 Å². The van der Waals surface area contributed by atoms with Crippen molar-refractivity contribution in [2.75, 3.05) is 13.2 Å². The third-order valence-corrected chi connectivity index (χ3v) is 3.79. The van der Waals surface area contributed by atoms with Crippen molar-refractivity contribution in [3.8, 4) is 11.5 Å². The smallest absolute Gasteiger partial charge is 0.220 e. The van der Waals surface area contributed by atoms with Gasteiger partial charge in [-0.05, 0) is 29.7 Å². The summed E-state index contributed by atoms with van der Waals surface area (Å²) in [5.41, 5.74) is 2.19. The first-order valence-corrected chi connectivity index (χ1v) is 8.00. The van der Waals surface area contributed by atoms with Gasteiger partial charge in [0.05, 0.1) is 13.2 Å². The molecule has 0 saturated heterocycles. The molecule has 0 saturated carbocycles. The van der Waals surface area contributed by atoms with Gasteiger partial charge >= 0.3 is 0 Å². The van der Waals surface area contributed by atoms with E-state index in [0.29, 0.717) is 26.2 Å². The fraction of sp³-hybridized carbons (Fsp3) is 0.316. The molecule has 1 N–H and O–H groups in total. The second-order valence-electron chi connectivity index (χ2n) is 5.59. The number of carbonyl (C=O) groups excluding carboxylic acids is 1. The molecule has 0 aromatic heterocycles. The van der Waals surface area contributed by atoms with E-state index in [1.54, 1.807) is 0 Å². The predicted molar refractivity (Wildman–Crippen MR) is 88.7 cm³/mol. The molecule has 1 aliphatic heterocycles. The second kappa shape index (κ2) is 7.68. The molecule has 0 bridgehead atoms. The number of hydrogen-bond donors (Lipinski definition) is 1. The summed E-state index contributed by atoms with van der Waals surface area (Å²) < 4.78 is 11.3. The van der Waals surface area contributed by atoms with Gasteiger partial charge in [-0.25, -0.2) is 0 Å². The van der Waals surface area contributed by atoms with Crippen LogP contribution < -0.4 is 14.8 Å². The summed E-state index contributed by atoms with van der Waals surface area (Å²) in [5, 5.41) is 2.96. The first-order chi connectivity index (χ1) is 11.3. The van der Waals surface area contributed by atoms with Crippen molar-refractivity contribution < 1.29 is 14.3 Å². The number of rotatable bonds is 5. The molecule has 0 fully saturated rings. The molecule has 1 amide bonds. The van der Waals surface area contributed by atoms with E-state index in [1.165, 1.54) is 5.56 Å². The normalized spacial score (nSPS) is 13.2. The third kappa shape index (κ3) is 4.49. The number of fused-ring (bicyclic) bond motifs is 1. The van der Waals surface area contributed by atoms with E-state index >= 15 is 0 Å². The minimum atomic E-state index is 0.0564. The first kappa shape index (κ1) is 15.4. The van der Waals surface area contributed by atoms with E-state index in [-0.39, 0.29) is 5.91 Å². The van der Waals surface area contributed by atoms with Crippen LogP contribution in [0, 0.1) is 0 Å². The van der Waals surface area contributed by atoms with Crippen molar-refractivity contribution >= 4 is 5.91 Å². The number of hydrogen-bond acceptors (Lipinski definition) is 3. The average molecular weight is 311 g/mol. The second-order valence-corrected chi connectivity index (χ2v) is 5.59. The highest BCUT2D eigenvalue weighted by molar-refractivity contribution is 5.76. The number of amides is 1. The summed E-state index contributed by atoms with van der Waals surface area (Å²) in [7, 11) is 0. The van der Waals surface area contributed by atoms with Gasteiger partial charge in [-0.3, -0.25) is 4.79 Å². The Balaban J connectivity index is 1.50. The fourth-order valence-electron chi connectivity index (χ4n) is 2.51. The SMILES string of the molecule is O=C(CCc1ccccc1)NCc1ccc2c(c1)OCCCO2. The summed E-state index contributed by atoms with van der Waals surface area (Å²) in [6, 6.07) is 15.9. The summed E-state index contributed by atoms with van der Waals surface area (Å²) in [6.07, 6.45) is 2.14. The Labute approximate surface area is 136 Å². The van der Waals surface area contributed by atoms with Crippen LogP contribution in [0.1, 0.15) is 24.0 Å². The van der Waals surface area contributed by atoms with Gasteiger partial charge in [-0.15, -0.1) is 0 Å². The molecule has 4 heteroatoms. The predicted octanol–water partition coefficient (Wildman–Crippen LogP) is 3.10. The number of nitrogens with one attached hydrogen (secondary N) is 1. The molecule has 3 rings (SSSR count). The minimum absolute atomic E-state index is 0.0564. The fourth-order valence-corrected chi connectivity index (χ4v) is 2.51. The molecule has 1 aliphatic rings. The van der Waals surface area contributed by atoms with Gasteiger partial charge in [-0.2, -0.15) is 0 Å². The zero-order valence-corrected chi connectivity index (χ0v) is 13.1. The molecular weight excluding hydrogens is 290 g/mol. The van der Waals surface area contributed by atoms with Gasteiger partial charge < -0.3 is 14.8 Å². The standard InChI is InChI=1S/C19H21NO3/c21-19(10-8-15-5-2-1-3-6-15)20-14-16-7-9-17-18(13-16)23-12-4-11-22-17/h1-3,5-7,9,13H,4,8,10-12,14H2,(H,20,21). The van der Waals surface area contributed by atoms with E-state index < -0.39 is 0 Å². The van der Waals surface area contributed by atoms with Gasteiger partial charge in [0.2, 0.25) is 5.91 Å². The van der Waals surface area contributed by atoms with Gasteiger partial charge in [0.25, 0.3) is 0 Å². The maximum atomic E-state index is 12.0. The number of aryl methyl sites for hydroxylation is 1. The van der Waals surface area contributed by atoms with Crippen LogP contribution in [0.25, 0.3) is 0 Å². The minimum Gasteiger partial charge on any atom is -0.490 e. The number of benzene rings is 2. The van der Waals surface area contributed by atoms with E-state index in [9.17, 15) is 4.79 Å². The Morgan fingerprint density at radius 2 is 1.74 bits per heavy atom. The van der Waals surface area contributed by atoms with Crippen molar-refractivity contribution in [1.82, 2.24) is 5.32 Å². The molecule has 0 spiro atoms. The lowest BCUT2D eigenvalue weighted by atomic mass is 10.1. The van der Waals surface area contributed by atoms with Crippen LogP contribution in [0.15, 0.2) is 48.5 Å². The van der Waals surface area contributed by atoms with Gasteiger partial charge in [-0.1, -0.05) is 36.4 Å². The molecule has 4 nitrogen and oxygen atoms in total. The number of carbonyl (C=O) groups is 1. The van der Waals surface area contributed by atoms with Crippen molar-refractivity contribution in [1.29, 1.82) is 0 Å². The molecule has 0 radical (unpaired) electrons. The maximum Gasteiger partial charge on any atom is 0.220 e. The van der Waals surface area contributed by atoms with Gasteiger partial charge in [0, 0.05) is 19.4 Å². The third-order valence-electron chi connectivity index (χ3n) is 3.79. The highest BCUT2D eigenvalue weighted by Crippen LogP contribution is 2.30. The Morgan fingerprint density at radius 3 is 2.57 bits per heavy atom. The lowest BCUT2D eigenvalue weighted by Crippen LogP contribution is -2.23. The van der Waals surface area contributed by atoms with Crippen LogP contribution in [0.3, 0.4) is 0 Å². The monoisotopic (exact) mass is 311 g/mol. The Bertz CT molecular complexity index is 655. The molecule has 0 atom stereocenters. The average Bonchev–Trinajstić information content (AvgIpc) is 2.84. The van der Waals surface area contributed by atoms with Gasteiger partial charge in [0.15, 0.2) is 11.5 Å². The van der Waals surface area contributed by atoms with Crippen molar-refractivity contribution in [2.24, 2.45) is 0 Å². The molecule has 23 heavy (non-hydrogen) atoms. The van der Waals surface area contributed by atoms with E-state index in [0.717, 1.165) is 29.9 Å². The Morgan fingerprint density at radius 1 is 0.957 bits per heavy atom. The van der Waals surface area contributed by atoms with Crippen molar-refractivity contribution in [2.45, 2.75) is 25.8 Å². The summed E-state index contributed by atoms with van der Waals surface area (Å²) in [5.74, 6) is 1.60. The van der Waals surface area contributed by atoms with Crippen LogP contribution in [-0.2, 0) is 17.8 Å².